The van der Waals surface area contributed by atoms with Gasteiger partial charge in [0.25, 0.3) is 5.91 Å². The summed E-state index contributed by atoms with van der Waals surface area (Å²) in [5.74, 6) is 0.0825. The van der Waals surface area contributed by atoms with Crippen molar-refractivity contribution in [3.63, 3.8) is 0 Å². The van der Waals surface area contributed by atoms with Crippen LogP contribution in [0.5, 0.6) is 5.75 Å². The van der Waals surface area contributed by atoms with Crippen molar-refractivity contribution in [3.05, 3.63) is 41.7 Å². The minimum atomic E-state index is -0.283. The number of hydrogen-bond acceptors (Lipinski definition) is 4. The molecule has 3 rings (SSSR count). The minimum Gasteiger partial charge on any atom is -0.504 e. The lowest BCUT2D eigenvalue weighted by Crippen LogP contribution is -2.41. The molecule has 134 valence electrons. The van der Waals surface area contributed by atoms with Gasteiger partial charge in [0.1, 0.15) is 0 Å². The molecule has 25 heavy (non-hydrogen) atoms. The predicted octanol–water partition coefficient (Wildman–Crippen LogP) is 2.55. The van der Waals surface area contributed by atoms with Crippen LogP contribution in [0, 0.1) is 5.92 Å². The lowest BCUT2D eigenvalue weighted by atomic mass is 9.99. The Bertz CT molecular complexity index is 754. The number of carbonyl (C=O) groups is 1. The van der Waals surface area contributed by atoms with Gasteiger partial charge >= 0.3 is 0 Å². The number of rotatable bonds is 4. The maximum absolute atomic E-state index is 12.7. The second-order valence-corrected chi connectivity index (χ2v) is 7.00. The van der Waals surface area contributed by atoms with Gasteiger partial charge in [-0.2, -0.15) is 5.10 Å². The van der Waals surface area contributed by atoms with E-state index in [2.05, 4.69) is 18.9 Å². The quantitative estimate of drug-likeness (QED) is 0.894. The number of likely N-dealkylation sites (tertiary alicyclic amines) is 1. The molecule has 1 saturated heterocycles. The van der Waals surface area contributed by atoms with E-state index in [9.17, 15) is 15.0 Å². The lowest BCUT2D eigenvalue weighted by Gasteiger charge is -2.31. The molecule has 0 spiro atoms. The van der Waals surface area contributed by atoms with E-state index < -0.39 is 0 Å². The molecule has 2 aromatic rings. The fraction of sp³-hybridized carbons (Fsp3) is 0.474. The summed E-state index contributed by atoms with van der Waals surface area (Å²) in [5, 5.41) is 23.9. The third-order valence-electron chi connectivity index (χ3n) is 4.76. The van der Waals surface area contributed by atoms with E-state index in [1.54, 1.807) is 9.58 Å². The van der Waals surface area contributed by atoms with Crippen LogP contribution in [0.1, 0.15) is 48.7 Å². The van der Waals surface area contributed by atoms with Gasteiger partial charge in [-0.1, -0.05) is 26.0 Å². The van der Waals surface area contributed by atoms with E-state index in [1.165, 1.54) is 11.8 Å². The summed E-state index contributed by atoms with van der Waals surface area (Å²) >= 11 is 0. The number of aliphatic hydroxyl groups excluding tert-OH is 1. The Balaban J connectivity index is 1.85. The van der Waals surface area contributed by atoms with Crippen molar-refractivity contribution in [3.8, 4) is 11.4 Å². The number of carbonyl (C=O) groups excluding carboxylic acids is 1. The second kappa shape index (κ2) is 7.27. The molecule has 0 aliphatic carbocycles. The van der Waals surface area contributed by atoms with Crippen LogP contribution in [0.2, 0.25) is 0 Å². The van der Waals surface area contributed by atoms with Crippen molar-refractivity contribution in [1.29, 1.82) is 0 Å². The molecule has 1 aliphatic heterocycles. The highest BCUT2D eigenvalue weighted by molar-refractivity contribution is 5.94. The third kappa shape index (κ3) is 3.69. The zero-order valence-electron chi connectivity index (χ0n) is 14.7. The number of aliphatic hydroxyl groups is 1. The van der Waals surface area contributed by atoms with Crippen LogP contribution in [0.4, 0.5) is 0 Å². The van der Waals surface area contributed by atoms with Gasteiger partial charge in [-0.25, -0.2) is 4.68 Å². The highest BCUT2D eigenvalue weighted by atomic mass is 16.3. The van der Waals surface area contributed by atoms with Gasteiger partial charge in [0, 0.05) is 19.7 Å². The van der Waals surface area contributed by atoms with Crippen LogP contribution in [0.15, 0.2) is 30.5 Å². The first-order valence-electron chi connectivity index (χ1n) is 8.78. The molecule has 1 aromatic heterocycles. The van der Waals surface area contributed by atoms with Crippen molar-refractivity contribution in [2.24, 2.45) is 5.92 Å². The van der Waals surface area contributed by atoms with Crippen LogP contribution in [0.3, 0.4) is 0 Å². The molecule has 2 N–H and O–H groups in total. The molecule has 0 bridgehead atoms. The minimum absolute atomic E-state index is 0.0635. The van der Waals surface area contributed by atoms with Crippen molar-refractivity contribution in [1.82, 2.24) is 14.7 Å². The lowest BCUT2D eigenvalue weighted by molar-refractivity contribution is 0.0612. The molecule has 2 heterocycles. The van der Waals surface area contributed by atoms with Crippen LogP contribution in [-0.4, -0.2) is 50.5 Å². The smallest absolute Gasteiger partial charge is 0.278 e. The van der Waals surface area contributed by atoms with E-state index >= 15 is 0 Å². The molecule has 1 aliphatic rings. The molecule has 0 radical (unpaired) electrons. The number of piperidine rings is 1. The Kier molecular flexibility index (Phi) is 5.08. The second-order valence-electron chi connectivity index (χ2n) is 7.00. The molecule has 0 saturated carbocycles. The fourth-order valence-corrected chi connectivity index (χ4v) is 3.22. The zero-order valence-corrected chi connectivity index (χ0v) is 14.7. The maximum Gasteiger partial charge on any atom is 0.278 e. The Morgan fingerprint density at radius 1 is 1.40 bits per heavy atom. The van der Waals surface area contributed by atoms with Crippen molar-refractivity contribution >= 4 is 5.91 Å². The normalized spacial score (nSPS) is 17.9. The number of hydrogen-bond donors (Lipinski definition) is 2. The van der Waals surface area contributed by atoms with E-state index in [4.69, 9.17) is 0 Å². The van der Waals surface area contributed by atoms with E-state index in [1.807, 2.05) is 24.3 Å². The van der Waals surface area contributed by atoms with Gasteiger partial charge in [-0.05, 0) is 42.4 Å². The number of aromatic hydroxyl groups is 1. The number of benzene rings is 1. The average molecular weight is 343 g/mol. The Morgan fingerprint density at radius 2 is 2.20 bits per heavy atom. The standard InChI is InChI=1S/C19H25N3O3/c1-13(2)15-6-3-7-16(9-15)22-11-17(24)18(20-22)19(25)21-8-4-5-14(10-21)12-23/h3,6-7,9,11,13-14,23-24H,4-5,8,10,12H2,1-2H3. The Labute approximate surface area is 147 Å². The average Bonchev–Trinajstić information content (AvgIpc) is 3.03. The molecule has 6 nitrogen and oxygen atoms in total. The molecule has 1 aromatic carbocycles. The number of nitrogens with zero attached hydrogens (tertiary/aromatic N) is 3. The van der Waals surface area contributed by atoms with Gasteiger partial charge < -0.3 is 15.1 Å². The van der Waals surface area contributed by atoms with E-state index in [0.717, 1.165) is 18.5 Å². The fourth-order valence-electron chi connectivity index (χ4n) is 3.22. The van der Waals surface area contributed by atoms with Crippen LogP contribution >= 0.6 is 0 Å². The summed E-state index contributed by atoms with van der Waals surface area (Å²) in [6.07, 6.45) is 3.25. The maximum atomic E-state index is 12.7. The monoisotopic (exact) mass is 343 g/mol. The molecule has 6 heteroatoms. The molecular weight excluding hydrogens is 318 g/mol. The van der Waals surface area contributed by atoms with Crippen molar-refractivity contribution in [2.45, 2.75) is 32.6 Å². The number of aromatic nitrogens is 2. The van der Waals surface area contributed by atoms with E-state index in [0.29, 0.717) is 19.0 Å². The summed E-state index contributed by atoms with van der Waals surface area (Å²) in [4.78, 5) is 14.4. The summed E-state index contributed by atoms with van der Waals surface area (Å²) in [6.45, 7) is 5.44. The summed E-state index contributed by atoms with van der Waals surface area (Å²) in [7, 11) is 0. The Hall–Kier alpha value is -2.34. The van der Waals surface area contributed by atoms with Crippen LogP contribution in [0.25, 0.3) is 5.69 Å². The van der Waals surface area contributed by atoms with Gasteiger partial charge in [0.2, 0.25) is 0 Å². The van der Waals surface area contributed by atoms with Crippen LogP contribution in [-0.2, 0) is 0 Å². The zero-order chi connectivity index (χ0) is 18.0. The molecule has 1 amide bonds. The predicted molar refractivity (Wildman–Crippen MR) is 95.0 cm³/mol. The summed E-state index contributed by atoms with van der Waals surface area (Å²) in [6, 6.07) is 7.90. The first-order chi connectivity index (χ1) is 12.0. The highest BCUT2D eigenvalue weighted by Gasteiger charge is 2.27. The van der Waals surface area contributed by atoms with Crippen molar-refractivity contribution in [2.75, 3.05) is 19.7 Å². The summed E-state index contributed by atoms with van der Waals surface area (Å²) < 4.78 is 1.54. The van der Waals surface area contributed by atoms with Gasteiger partial charge in [0.15, 0.2) is 11.4 Å². The van der Waals surface area contributed by atoms with Gasteiger partial charge in [0.05, 0.1) is 11.9 Å². The first-order valence-corrected chi connectivity index (χ1v) is 8.78. The SMILES string of the molecule is CC(C)c1cccc(-n2cc(O)c(C(=O)N3CCCC(CO)C3)n2)c1. The van der Waals surface area contributed by atoms with E-state index in [-0.39, 0.29) is 29.9 Å². The van der Waals surface area contributed by atoms with Gasteiger partial charge in [-0.3, -0.25) is 4.79 Å². The number of amides is 1. The third-order valence-corrected chi connectivity index (χ3v) is 4.76. The molecule has 1 unspecified atom stereocenters. The topological polar surface area (TPSA) is 78.6 Å². The van der Waals surface area contributed by atoms with Crippen molar-refractivity contribution < 1.29 is 15.0 Å². The first kappa shape index (κ1) is 17.5. The Morgan fingerprint density at radius 3 is 2.92 bits per heavy atom. The molecular formula is C19H25N3O3. The van der Waals surface area contributed by atoms with Gasteiger partial charge in [-0.15, -0.1) is 0 Å². The van der Waals surface area contributed by atoms with Crippen LogP contribution < -0.4 is 0 Å². The largest absolute Gasteiger partial charge is 0.504 e. The summed E-state index contributed by atoms with van der Waals surface area (Å²) in [5.41, 5.74) is 2.04. The molecule has 1 atom stereocenters. The highest BCUT2D eigenvalue weighted by Crippen LogP contribution is 2.24. The molecule has 1 fully saturated rings.